The molecule has 3 aliphatic rings. The number of β-lactam (4-membered cyclic amide) rings is 1. The Morgan fingerprint density at radius 3 is 2.33 bits per heavy atom. The summed E-state index contributed by atoms with van der Waals surface area (Å²) in [5, 5.41) is 0.0601. The number of imide groups is 1. The van der Waals surface area contributed by atoms with Gasteiger partial charge in [0.2, 0.25) is 0 Å². The minimum Gasteiger partial charge on any atom is -0.463 e. The van der Waals surface area contributed by atoms with Crippen molar-refractivity contribution in [3.63, 3.8) is 0 Å². The lowest BCUT2D eigenvalue weighted by Crippen LogP contribution is -2.71. The number of ether oxygens (including phenoxy) is 1. The summed E-state index contributed by atoms with van der Waals surface area (Å²) in [6.45, 7) is 3.94. The summed E-state index contributed by atoms with van der Waals surface area (Å²) in [4.78, 5) is 53.3. The van der Waals surface area contributed by atoms with Crippen LogP contribution in [0.5, 0.6) is 0 Å². The Hall–Kier alpha value is -1.87. The summed E-state index contributed by atoms with van der Waals surface area (Å²) >= 11 is 4.62. The maximum atomic E-state index is 12.9. The molecule has 3 unspecified atom stereocenters. The molecule has 0 aliphatic carbocycles. The first-order valence-electron chi connectivity index (χ1n) is 8.49. The predicted molar refractivity (Wildman–Crippen MR) is 102 cm³/mol. The maximum Gasteiger partial charge on any atom is 0.330 e. The van der Waals surface area contributed by atoms with Gasteiger partial charge >= 0.3 is 5.97 Å². The average Bonchev–Trinajstić information content (AvgIpc) is 3.03. The molecule has 1 aromatic rings. The molecule has 0 N–H and O–H groups in total. The molecule has 3 atom stereocenters. The molecule has 1 aromatic carbocycles. The fourth-order valence-corrected chi connectivity index (χ4v) is 5.72. The van der Waals surface area contributed by atoms with Crippen LogP contribution in [0.1, 0.15) is 34.6 Å². The van der Waals surface area contributed by atoms with Crippen LogP contribution < -0.4 is 0 Å². The Labute approximate surface area is 168 Å². The standard InChI is InChI=1S/C18H17BrN2O5S/c1-18(2)12(17(25)26-8-7-19)21-15(24)11(16(21)27-18)20-13(22)9-5-3-4-6-10(9)14(20)23/h3-6,11-12,16H,7-8H2,1-2H3. The van der Waals surface area contributed by atoms with Crippen LogP contribution in [0.4, 0.5) is 0 Å². The normalized spacial score (nSPS) is 28.1. The van der Waals surface area contributed by atoms with Crippen LogP contribution in [0.3, 0.4) is 0 Å². The van der Waals surface area contributed by atoms with Crippen molar-refractivity contribution < 1.29 is 23.9 Å². The van der Waals surface area contributed by atoms with Crippen molar-refractivity contribution >= 4 is 51.4 Å². The van der Waals surface area contributed by atoms with E-state index in [1.165, 1.54) is 16.7 Å². The third-order valence-electron chi connectivity index (χ3n) is 5.06. The Bertz CT molecular complexity index is 838. The van der Waals surface area contributed by atoms with Gasteiger partial charge in [0.25, 0.3) is 17.7 Å². The van der Waals surface area contributed by atoms with Crippen molar-refractivity contribution in [2.75, 3.05) is 11.9 Å². The Morgan fingerprint density at radius 2 is 1.78 bits per heavy atom. The SMILES string of the molecule is CC1(C)SC2C(N3C(=O)c4ccccc4C3=O)C(=O)N2C1C(=O)OCCBr. The second kappa shape index (κ2) is 6.34. The number of esters is 1. The van der Waals surface area contributed by atoms with Crippen LogP contribution in [-0.2, 0) is 14.3 Å². The van der Waals surface area contributed by atoms with E-state index in [9.17, 15) is 19.2 Å². The maximum absolute atomic E-state index is 12.9. The van der Waals surface area contributed by atoms with Gasteiger partial charge in [-0.25, -0.2) is 4.79 Å². The molecule has 0 spiro atoms. The van der Waals surface area contributed by atoms with Gasteiger partial charge in [-0.05, 0) is 26.0 Å². The second-order valence-corrected chi connectivity index (χ2v) is 9.65. The quantitative estimate of drug-likeness (QED) is 0.299. The number of hydrogen-bond acceptors (Lipinski definition) is 6. The summed E-state index contributed by atoms with van der Waals surface area (Å²) < 4.78 is 4.64. The minimum atomic E-state index is -0.893. The largest absolute Gasteiger partial charge is 0.463 e. The monoisotopic (exact) mass is 452 g/mol. The number of amides is 3. The Kier molecular flexibility index (Phi) is 4.34. The van der Waals surface area contributed by atoms with E-state index in [-0.39, 0.29) is 6.61 Å². The van der Waals surface area contributed by atoms with Crippen LogP contribution in [0.25, 0.3) is 0 Å². The fraction of sp³-hybridized carbons (Fsp3) is 0.444. The molecule has 142 valence electrons. The first kappa shape index (κ1) is 18.5. The molecule has 7 nitrogen and oxygen atoms in total. The summed E-state index contributed by atoms with van der Waals surface area (Å²) in [5.74, 6) is -1.79. The number of rotatable bonds is 4. The molecule has 0 saturated carbocycles. The van der Waals surface area contributed by atoms with E-state index in [0.29, 0.717) is 16.5 Å². The number of nitrogens with zero attached hydrogens (tertiary/aromatic N) is 2. The van der Waals surface area contributed by atoms with Gasteiger partial charge in [-0.2, -0.15) is 0 Å². The Morgan fingerprint density at radius 1 is 1.19 bits per heavy atom. The van der Waals surface area contributed by atoms with Gasteiger partial charge in [-0.3, -0.25) is 19.3 Å². The van der Waals surface area contributed by atoms with Gasteiger partial charge in [0.1, 0.15) is 24.1 Å². The minimum absolute atomic E-state index is 0.213. The highest BCUT2D eigenvalue weighted by Gasteiger charge is 2.67. The zero-order valence-corrected chi connectivity index (χ0v) is 17.1. The summed E-state index contributed by atoms with van der Waals surface area (Å²) in [6.07, 6.45) is 0. The van der Waals surface area contributed by atoms with Crippen LogP contribution in [-0.4, -0.2) is 67.6 Å². The van der Waals surface area contributed by atoms with E-state index < -0.39 is 45.9 Å². The highest BCUT2D eigenvalue weighted by molar-refractivity contribution is 9.09. The van der Waals surface area contributed by atoms with E-state index in [2.05, 4.69) is 15.9 Å². The molecule has 2 fully saturated rings. The highest BCUT2D eigenvalue weighted by Crippen LogP contribution is 2.53. The van der Waals surface area contributed by atoms with E-state index >= 15 is 0 Å². The topological polar surface area (TPSA) is 84.0 Å². The van der Waals surface area contributed by atoms with Gasteiger partial charge < -0.3 is 9.64 Å². The summed E-state index contributed by atoms with van der Waals surface area (Å²) in [5.41, 5.74) is 0.619. The number of benzene rings is 1. The van der Waals surface area contributed by atoms with Crippen molar-refractivity contribution in [1.29, 1.82) is 0 Å². The van der Waals surface area contributed by atoms with E-state index in [1.54, 1.807) is 24.3 Å². The zero-order valence-electron chi connectivity index (χ0n) is 14.7. The smallest absolute Gasteiger partial charge is 0.330 e. The van der Waals surface area contributed by atoms with Crippen LogP contribution >= 0.6 is 27.7 Å². The molecule has 0 radical (unpaired) electrons. The number of carbonyl (C=O) groups is 4. The molecule has 9 heteroatoms. The molecule has 3 amide bonds. The van der Waals surface area contributed by atoms with Crippen molar-refractivity contribution in [2.24, 2.45) is 0 Å². The number of fused-ring (bicyclic) bond motifs is 2. The third-order valence-corrected chi connectivity index (χ3v) is 6.94. The van der Waals surface area contributed by atoms with Crippen LogP contribution in [0, 0.1) is 0 Å². The molecular weight excluding hydrogens is 436 g/mol. The predicted octanol–water partition coefficient (Wildman–Crippen LogP) is 1.65. The van der Waals surface area contributed by atoms with Gasteiger partial charge in [-0.1, -0.05) is 28.1 Å². The third kappa shape index (κ3) is 2.55. The summed E-state index contributed by atoms with van der Waals surface area (Å²) in [7, 11) is 0. The molecule has 0 aromatic heterocycles. The molecule has 3 aliphatic heterocycles. The molecule has 2 saturated heterocycles. The van der Waals surface area contributed by atoms with Crippen molar-refractivity contribution in [3.05, 3.63) is 35.4 Å². The highest BCUT2D eigenvalue weighted by atomic mass is 79.9. The van der Waals surface area contributed by atoms with Crippen LogP contribution in [0.15, 0.2) is 24.3 Å². The van der Waals surface area contributed by atoms with Crippen LogP contribution in [0.2, 0.25) is 0 Å². The summed E-state index contributed by atoms with van der Waals surface area (Å²) in [6, 6.07) is 4.91. The molecule has 3 heterocycles. The van der Waals surface area contributed by atoms with E-state index in [1.807, 2.05) is 13.8 Å². The number of thioether (sulfide) groups is 1. The lowest BCUT2D eigenvalue weighted by molar-refractivity contribution is -0.165. The molecule has 27 heavy (non-hydrogen) atoms. The number of hydrogen-bond donors (Lipinski definition) is 0. The number of halogens is 1. The van der Waals surface area contributed by atoms with Gasteiger partial charge in [-0.15, -0.1) is 11.8 Å². The number of alkyl halides is 1. The van der Waals surface area contributed by atoms with Crippen molar-refractivity contribution in [1.82, 2.24) is 9.80 Å². The molecular formula is C18H17BrN2O5S. The Balaban J connectivity index is 1.61. The first-order valence-corrected chi connectivity index (χ1v) is 10.5. The van der Waals surface area contributed by atoms with E-state index in [4.69, 9.17) is 4.74 Å². The van der Waals surface area contributed by atoms with Crippen molar-refractivity contribution in [2.45, 2.75) is 36.1 Å². The first-order chi connectivity index (χ1) is 12.8. The number of carbonyl (C=O) groups excluding carboxylic acids is 4. The van der Waals surface area contributed by atoms with E-state index in [0.717, 1.165) is 4.90 Å². The lowest BCUT2D eigenvalue weighted by atomic mass is 9.95. The average molecular weight is 453 g/mol. The fourth-order valence-electron chi connectivity index (χ4n) is 3.89. The van der Waals surface area contributed by atoms with Crippen molar-refractivity contribution in [3.8, 4) is 0 Å². The lowest BCUT2D eigenvalue weighted by Gasteiger charge is -2.46. The molecule has 4 rings (SSSR count). The van der Waals surface area contributed by atoms with Gasteiger partial charge in [0.05, 0.1) is 11.1 Å². The molecule has 0 bridgehead atoms. The van der Waals surface area contributed by atoms with Gasteiger partial charge in [0.15, 0.2) is 0 Å². The zero-order chi connectivity index (χ0) is 19.5. The second-order valence-electron chi connectivity index (χ2n) is 7.09. The van der Waals surface area contributed by atoms with Gasteiger partial charge in [0, 0.05) is 10.1 Å².